The van der Waals surface area contributed by atoms with Crippen LogP contribution in [0.1, 0.15) is 43.0 Å². The number of carboxylic acids is 1. The van der Waals surface area contributed by atoms with Crippen LogP contribution in [0.5, 0.6) is 0 Å². The second-order valence-electron chi connectivity index (χ2n) is 5.29. The molecule has 2 rings (SSSR count). The van der Waals surface area contributed by atoms with E-state index in [1.54, 1.807) is 0 Å². The fourth-order valence-corrected chi connectivity index (χ4v) is 4.02. The summed E-state index contributed by atoms with van der Waals surface area (Å²) in [5.41, 5.74) is -0.0265. The van der Waals surface area contributed by atoms with Crippen molar-refractivity contribution < 1.29 is 18.3 Å². The third-order valence-corrected chi connectivity index (χ3v) is 5.40. The summed E-state index contributed by atoms with van der Waals surface area (Å²) in [5.74, 6) is -0.765. The van der Waals surface area contributed by atoms with Gasteiger partial charge in [-0.2, -0.15) is 0 Å². The maximum atomic E-state index is 12.3. The van der Waals surface area contributed by atoms with Gasteiger partial charge in [-0.25, -0.2) is 17.9 Å². The van der Waals surface area contributed by atoms with Crippen LogP contribution in [0.15, 0.2) is 29.2 Å². The Morgan fingerprint density at radius 1 is 1.35 bits per heavy atom. The third kappa shape index (κ3) is 3.37. The minimum absolute atomic E-state index is 0.00208. The van der Waals surface area contributed by atoms with Crippen molar-refractivity contribution in [2.75, 3.05) is 0 Å². The Morgan fingerprint density at radius 2 is 2.00 bits per heavy atom. The van der Waals surface area contributed by atoms with Crippen LogP contribution in [0.2, 0.25) is 0 Å². The monoisotopic (exact) mass is 297 g/mol. The Morgan fingerprint density at radius 3 is 2.60 bits per heavy atom. The number of carbonyl (C=O) groups is 1. The smallest absolute Gasteiger partial charge is 0.335 e. The normalized spacial score (nSPS) is 18.1. The number of benzene rings is 1. The van der Waals surface area contributed by atoms with Crippen molar-refractivity contribution in [2.24, 2.45) is 5.92 Å². The van der Waals surface area contributed by atoms with E-state index in [2.05, 4.69) is 4.72 Å². The highest BCUT2D eigenvalue weighted by Crippen LogP contribution is 2.28. The molecule has 1 aromatic rings. The van der Waals surface area contributed by atoms with Crippen LogP contribution in [0.25, 0.3) is 0 Å². The van der Waals surface area contributed by atoms with Gasteiger partial charge in [0.1, 0.15) is 0 Å². The molecular weight excluding hydrogens is 278 g/mol. The molecule has 110 valence electrons. The van der Waals surface area contributed by atoms with Gasteiger partial charge in [-0.1, -0.05) is 18.9 Å². The highest BCUT2D eigenvalue weighted by molar-refractivity contribution is 7.89. The van der Waals surface area contributed by atoms with Crippen molar-refractivity contribution >= 4 is 16.0 Å². The summed E-state index contributed by atoms with van der Waals surface area (Å²) in [6.45, 7) is 1.87. The Hall–Kier alpha value is -1.40. The zero-order valence-corrected chi connectivity index (χ0v) is 12.2. The van der Waals surface area contributed by atoms with Gasteiger partial charge in [0.25, 0.3) is 0 Å². The van der Waals surface area contributed by atoms with Crippen LogP contribution < -0.4 is 4.72 Å². The van der Waals surface area contributed by atoms with Gasteiger partial charge >= 0.3 is 5.97 Å². The lowest BCUT2D eigenvalue weighted by atomic mass is 10.0. The molecule has 1 saturated carbocycles. The van der Waals surface area contributed by atoms with Gasteiger partial charge in [-0.3, -0.25) is 0 Å². The quantitative estimate of drug-likeness (QED) is 0.873. The first-order valence-corrected chi connectivity index (χ1v) is 8.24. The second-order valence-corrected chi connectivity index (χ2v) is 7.00. The van der Waals surface area contributed by atoms with Gasteiger partial charge in [0.2, 0.25) is 10.0 Å². The average Bonchev–Trinajstić information content (AvgIpc) is 2.92. The summed E-state index contributed by atoms with van der Waals surface area (Å²) in [4.78, 5) is 10.9. The lowest BCUT2D eigenvalue weighted by Gasteiger charge is -2.20. The molecule has 1 aliphatic carbocycles. The molecule has 0 aliphatic heterocycles. The summed E-state index contributed by atoms with van der Waals surface area (Å²) in [6, 6.07) is 5.29. The molecule has 1 aromatic carbocycles. The van der Waals surface area contributed by atoms with Gasteiger partial charge in [0.05, 0.1) is 10.5 Å². The molecule has 1 fully saturated rings. The minimum atomic E-state index is -3.67. The standard InChI is InChI=1S/C14H19NO4S/c1-10(11-5-2-3-6-11)15-20(18,19)13-8-4-7-12(9-13)14(16)17/h4,7-11,15H,2-3,5-6H2,1H3,(H,16,17)/t10-/m0/s1. The van der Waals surface area contributed by atoms with Crippen molar-refractivity contribution in [2.45, 2.75) is 43.5 Å². The highest BCUT2D eigenvalue weighted by Gasteiger charge is 2.26. The second kappa shape index (κ2) is 5.93. The maximum absolute atomic E-state index is 12.3. The van der Waals surface area contributed by atoms with E-state index in [0.717, 1.165) is 25.7 Å². The predicted octanol–water partition coefficient (Wildman–Crippen LogP) is 2.24. The van der Waals surface area contributed by atoms with Gasteiger partial charge in [0.15, 0.2) is 0 Å². The van der Waals surface area contributed by atoms with Gasteiger partial charge in [-0.05, 0) is 43.9 Å². The molecule has 0 aromatic heterocycles. The van der Waals surface area contributed by atoms with E-state index in [0.29, 0.717) is 5.92 Å². The number of rotatable bonds is 5. The lowest BCUT2D eigenvalue weighted by molar-refractivity contribution is 0.0696. The van der Waals surface area contributed by atoms with E-state index in [-0.39, 0.29) is 16.5 Å². The first-order valence-electron chi connectivity index (χ1n) is 6.76. The SMILES string of the molecule is C[C@H](NS(=O)(=O)c1cccc(C(=O)O)c1)C1CCCC1. The van der Waals surface area contributed by atoms with Crippen LogP contribution in [0, 0.1) is 5.92 Å². The first kappa shape index (κ1) is 15.0. The molecule has 0 heterocycles. The van der Waals surface area contributed by atoms with Crippen molar-refractivity contribution in [1.29, 1.82) is 0 Å². The van der Waals surface area contributed by atoms with E-state index in [1.165, 1.54) is 24.3 Å². The van der Waals surface area contributed by atoms with Crippen LogP contribution in [0.4, 0.5) is 0 Å². The maximum Gasteiger partial charge on any atom is 0.335 e. The van der Waals surface area contributed by atoms with E-state index in [1.807, 2.05) is 6.92 Å². The summed E-state index contributed by atoms with van der Waals surface area (Å²) in [6.07, 6.45) is 4.37. The van der Waals surface area contributed by atoms with Gasteiger partial charge in [-0.15, -0.1) is 0 Å². The lowest BCUT2D eigenvalue weighted by Crippen LogP contribution is -2.37. The largest absolute Gasteiger partial charge is 0.478 e. The van der Waals surface area contributed by atoms with Crippen molar-refractivity contribution in [1.82, 2.24) is 4.72 Å². The molecule has 5 nitrogen and oxygen atoms in total. The number of aromatic carboxylic acids is 1. The number of hydrogen-bond acceptors (Lipinski definition) is 3. The molecular formula is C14H19NO4S. The average molecular weight is 297 g/mol. The molecule has 0 amide bonds. The van der Waals surface area contributed by atoms with E-state index in [4.69, 9.17) is 5.11 Å². The van der Waals surface area contributed by atoms with Crippen molar-refractivity contribution in [3.05, 3.63) is 29.8 Å². The molecule has 0 unspecified atom stereocenters. The summed E-state index contributed by atoms with van der Waals surface area (Å²) >= 11 is 0. The Labute approximate surface area is 119 Å². The van der Waals surface area contributed by atoms with Crippen molar-refractivity contribution in [3.63, 3.8) is 0 Å². The molecule has 1 atom stereocenters. The highest BCUT2D eigenvalue weighted by atomic mass is 32.2. The van der Waals surface area contributed by atoms with E-state index >= 15 is 0 Å². The van der Waals surface area contributed by atoms with Crippen LogP contribution in [0.3, 0.4) is 0 Å². The molecule has 0 radical (unpaired) electrons. The molecule has 2 N–H and O–H groups in total. The molecule has 0 saturated heterocycles. The van der Waals surface area contributed by atoms with Crippen LogP contribution >= 0.6 is 0 Å². The molecule has 0 bridgehead atoms. The summed E-state index contributed by atoms with van der Waals surface area (Å²) < 4.78 is 27.2. The summed E-state index contributed by atoms with van der Waals surface area (Å²) in [5, 5.41) is 8.91. The fraction of sp³-hybridized carbons (Fsp3) is 0.500. The number of hydrogen-bond donors (Lipinski definition) is 2. The number of carboxylic acid groups (broad SMARTS) is 1. The molecule has 6 heteroatoms. The Kier molecular flexibility index (Phi) is 4.45. The molecule has 20 heavy (non-hydrogen) atoms. The summed E-state index contributed by atoms with van der Waals surface area (Å²) in [7, 11) is -3.67. The van der Waals surface area contributed by atoms with Gasteiger partial charge in [0, 0.05) is 6.04 Å². The Bertz CT molecular complexity index is 591. The van der Waals surface area contributed by atoms with Crippen LogP contribution in [-0.4, -0.2) is 25.5 Å². The van der Waals surface area contributed by atoms with Gasteiger partial charge < -0.3 is 5.11 Å². The third-order valence-electron chi connectivity index (χ3n) is 3.84. The minimum Gasteiger partial charge on any atom is -0.478 e. The molecule has 1 aliphatic rings. The topological polar surface area (TPSA) is 83.5 Å². The zero-order chi connectivity index (χ0) is 14.8. The Balaban J connectivity index is 2.17. The number of sulfonamides is 1. The first-order chi connectivity index (χ1) is 9.40. The number of nitrogens with one attached hydrogen (secondary N) is 1. The van der Waals surface area contributed by atoms with Crippen LogP contribution in [-0.2, 0) is 10.0 Å². The molecule has 0 spiro atoms. The predicted molar refractivity (Wildman–Crippen MR) is 75.1 cm³/mol. The van der Waals surface area contributed by atoms with E-state index < -0.39 is 16.0 Å². The van der Waals surface area contributed by atoms with Crippen molar-refractivity contribution in [3.8, 4) is 0 Å². The van der Waals surface area contributed by atoms with E-state index in [9.17, 15) is 13.2 Å². The fourth-order valence-electron chi connectivity index (χ4n) is 2.66. The zero-order valence-electron chi connectivity index (χ0n) is 11.4.